The molecule has 0 saturated carbocycles. The van der Waals surface area contributed by atoms with Gasteiger partial charge in [-0.3, -0.25) is 4.99 Å². The standard InChI is InChI=1S/C24H29N3O3S2/c1-3-4-18-31-23-22(19-8-6-5-7-9-19)25-24(26-23)14-16-27(17-15-24)32(28,29)21-12-10-20(30-2)11-13-21/h5-13H,3-4,14-18H2,1-2H3. The van der Waals surface area contributed by atoms with Crippen LogP contribution >= 0.6 is 11.8 Å². The number of rotatable bonds is 7. The van der Waals surface area contributed by atoms with Crippen LogP contribution < -0.4 is 4.74 Å². The van der Waals surface area contributed by atoms with E-state index in [1.807, 2.05) is 18.2 Å². The lowest BCUT2D eigenvalue weighted by Gasteiger charge is -2.34. The zero-order valence-corrected chi connectivity index (χ0v) is 20.2. The Morgan fingerprint density at radius 1 is 1.03 bits per heavy atom. The number of hydrogen-bond acceptors (Lipinski definition) is 6. The molecule has 8 heteroatoms. The fraction of sp³-hybridized carbons (Fsp3) is 0.417. The lowest BCUT2D eigenvalue weighted by molar-refractivity contribution is 0.249. The highest BCUT2D eigenvalue weighted by molar-refractivity contribution is 8.15. The van der Waals surface area contributed by atoms with Crippen molar-refractivity contribution in [2.75, 3.05) is 26.0 Å². The van der Waals surface area contributed by atoms with Crippen LogP contribution in [0.2, 0.25) is 0 Å². The zero-order chi connectivity index (χ0) is 22.6. The van der Waals surface area contributed by atoms with E-state index in [1.165, 1.54) is 0 Å². The number of hydrogen-bond donors (Lipinski definition) is 0. The van der Waals surface area contributed by atoms with Crippen LogP contribution in [0.3, 0.4) is 0 Å². The molecule has 2 aliphatic heterocycles. The zero-order valence-electron chi connectivity index (χ0n) is 18.5. The van der Waals surface area contributed by atoms with Crippen molar-refractivity contribution in [3.8, 4) is 5.75 Å². The number of sulfonamides is 1. The van der Waals surface area contributed by atoms with E-state index in [1.54, 1.807) is 47.4 Å². The average Bonchev–Trinajstić information content (AvgIpc) is 3.18. The van der Waals surface area contributed by atoms with Crippen molar-refractivity contribution in [1.82, 2.24) is 4.31 Å². The third kappa shape index (κ3) is 4.77. The van der Waals surface area contributed by atoms with Crippen LogP contribution in [-0.2, 0) is 10.0 Å². The Labute approximate surface area is 194 Å². The molecule has 170 valence electrons. The summed E-state index contributed by atoms with van der Waals surface area (Å²) in [4.78, 5) is 10.4. The van der Waals surface area contributed by atoms with E-state index in [0.29, 0.717) is 31.7 Å². The Morgan fingerprint density at radius 2 is 1.72 bits per heavy atom. The molecule has 0 radical (unpaired) electrons. The SMILES string of the molecule is CCCCSC1=NC2(CCN(S(=O)(=O)c3ccc(OC)cc3)CC2)N=C1c1ccccc1. The molecule has 6 nitrogen and oxygen atoms in total. The van der Waals surface area contributed by atoms with Gasteiger partial charge in [0.05, 0.1) is 17.7 Å². The van der Waals surface area contributed by atoms with Crippen molar-refractivity contribution in [2.24, 2.45) is 9.98 Å². The van der Waals surface area contributed by atoms with Crippen molar-refractivity contribution in [3.63, 3.8) is 0 Å². The molecular formula is C24H29N3O3S2. The molecule has 2 heterocycles. The molecule has 0 bridgehead atoms. The van der Waals surface area contributed by atoms with Crippen LogP contribution in [0, 0.1) is 0 Å². The Kier molecular flexibility index (Phi) is 7.02. The molecule has 0 atom stereocenters. The van der Waals surface area contributed by atoms with Crippen LogP contribution in [0.4, 0.5) is 0 Å². The largest absolute Gasteiger partial charge is 0.497 e. The second-order valence-electron chi connectivity index (χ2n) is 8.01. The fourth-order valence-corrected chi connectivity index (χ4v) is 6.53. The van der Waals surface area contributed by atoms with Crippen LogP contribution in [0.1, 0.15) is 38.2 Å². The molecule has 2 aromatic carbocycles. The number of unbranched alkanes of at least 4 members (excludes halogenated alkanes) is 1. The minimum atomic E-state index is -3.55. The smallest absolute Gasteiger partial charge is 0.243 e. The van der Waals surface area contributed by atoms with Crippen molar-refractivity contribution < 1.29 is 13.2 Å². The molecule has 1 spiro atoms. The summed E-state index contributed by atoms with van der Waals surface area (Å²) in [6.45, 7) is 2.98. The van der Waals surface area contributed by atoms with Crippen molar-refractivity contribution in [3.05, 3.63) is 60.2 Å². The summed E-state index contributed by atoms with van der Waals surface area (Å²) in [6.07, 6.45) is 3.43. The molecule has 0 aliphatic carbocycles. The van der Waals surface area contributed by atoms with Gasteiger partial charge in [0.25, 0.3) is 0 Å². The second kappa shape index (κ2) is 9.77. The average molecular weight is 472 g/mol. The lowest BCUT2D eigenvalue weighted by Crippen LogP contribution is -2.44. The number of nitrogens with zero attached hydrogens (tertiary/aromatic N) is 3. The van der Waals surface area contributed by atoms with Gasteiger partial charge in [-0.25, -0.2) is 13.4 Å². The van der Waals surface area contributed by atoms with E-state index < -0.39 is 15.7 Å². The molecule has 0 aromatic heterocycles. The van der Waals surface area contributed by atoms with Gasteiger partial charge in [-0.05, 0) is 36.4 Å². The number of benzene rings is 2. The maximum absolute atomic E-state index is 13.1. The van der Waals surface area contributed by atoms with Crippen LogP contribution in [0.5, 0.6) is 5.75 Å². The summed E-state index contributed by atoms with van der Waals surface area (Å²) < 4.78 is 32.9. The normalized spacial score (nSPS) is 18.4. The van der Waals surface area contributed by atoms with Crippen LogP contribution in [0.15, 0.2) is 69.5 Å². The minimum absolute atomic E-state index is 0.286. The van der Waals surface area contributed by atoms with Gasteiger partial charge >= 0.3 is 0 Å². The highest BCUT2D eigenvalue weighted by Gasteiger charge is 2.42. The summed E-state index contributed by atoms with van der Waals surface area (Å²) in [5.74, 6) is 1.65. The lowest BCUT2D eigenvalue weighted by atomic mass is 10.00. The highest BCUT2D eigenvalue weighted by atomic mass is 32.2. The molecular weight excluding hydrogens is 442 g/mol. The first-order chi connectivity index (χ1) is 15.5. The van der Waals surface area contributed by atoms with Gasteiger partial charge in [-0.1, -0.05) is 43.7 Å². The quantitative estimate of drug-likeness (QED) is 0.553. The van der Waals surface area contributed by atoms with Crippen LogP contribution in [0.25, 0.3) is 0 Å². The molecule has 32 heavy (non-hydrogen) atoms. The number of methoxy groups -OCH3 is 1. The van der Waals surface area contributed by atoms with Gasteiger partial charge < -0.3 is 4.74 Å². The molecule has 0 amide bonds. The molecule has 4 rings (SSSR count). The molecule has 0 N–H and O–H groups in total. The predicted molar refractivity (Wildman–Crippen MR) is 131 cm³/mol. The summed E-state index contributed by atoms with van der Waals surface area (Å²) in [5, 5.41) is 0.983. The topological polar surface area (TPSA) is 71.3 Å². The van der Waals surface area contributed by atoms with E-state index in [-0.39, 0.29) is 4.90 Å². The first kappa shape index (κ1) is 23.0. The van der Waals surface area contributed by atoms with Crippen molar-refractivity contribution in [2.45, 2.75) is 43.2 Å². The van der Waals surface area contributed by atoms with E-state index in [0.717, 1.165) is 34.9 Å². The van der Waals surface area contributed by atoms with E-state index >= 15 is 0 Å². The summed E-state index contributed by atoms with van der Waals surface area (Å²) >= 11 is 1.76. The maximum atomic E-state index is 13.1. The third-order valence-corrected chi connectivity index (χ3v) is 8.80. The van der Waals surface area contributed by atoms with Gasteiger partial charge in [0, 0.05) is 31.5 Å². The Bertz CT molecular complexity index is 1090. The van der Waals surface area contributed by atoms with Gasteiger partial charge in [0.2, 0.25) is 10.0 Å². The first-order valence-corrected chi connectivity index (χ1v) is 13.4. The second-order valence-corrected chi connectivity index (χ2v) is 11.0. The summed E-state index contributed by atoms with van der Waals surface area (Å²) in [5.41, 5.74) is 1.45. The fourth-order valence-electron chi connectivity index (χ4n) is 3.93. The van der Waals surface area contributed by atoms with E-state index in [9.17, 15) is 8.42 Å². The first-order valence-electron chi connectivity index (χ1n) is 11.0. The Hall–Kier alpha value is -2.16. The van der Waals surface area contributed by atoms with Gasteiger partial charge in [0.1, 0.15) is 10.8 Å². The van der Waals surface area contributed by atoms with Gasteiger partial charge in [-0.15, -0.1) is 11.8 Å². The molecule has 0 unspecified atom stereocenters. The number of piperidine rings is 1. The third-order valence-electron chi connectivity index (χ3n) is 5.84. The predicted octanol–water partition coefficient (Wildman–Crippen LogP) is 4.61. The number of ether oxygens (including phenoxy) is 1. The number of thioether (sulfide) groups is 1. The van der Waals surface area contributed by atoms with Crippen molar-refractivity contribution in [1.29, 1.82) is 0 Å². The summed E-state index contributed by atoms with van der Waals surface area (Å²) in [7, 11) is -1.99. The Morgan fingerprint density at radius 3 is 2.34 bits per heavy atom. The molecule has 2 aliphatic rings. The van der Waals surface area contributed by atoms with Crippen LogP contribution in [-0.4, -0.2) is 55.1 Å². The monoisotopic (exact) mass is 471 g/mol. The minimum Gasteiger partial charge on any atom is -0.497 e. The maximum Gasteiger partial charge on any atom is 0.243 e. The van der Waals surface area contributed by atoms with Gasteiger partial charge in [0.15, 0.2) is 5.66 Å². The molecule has 1 saturated heterocycles. The number of aliphatic imine (C=N–C) groups is 2. The van der Waals surface area contributed by atoms with E-state index in [2.05, 4.69) is 19.1 Å². The van der Waals surface area contributed by atoms with Gasteiger partial charge in [-0.2, -0.15) is 4.31 Å². The summed E-state index contributed by atoms with van der Waals surface area (Å²) in [6, 6.07) is 16.7. The Balaban J connectivity index is 1.53. The molecule has 1 fully saturated rings. The van der Waals surface area contributed by atoms with Crippen molar-refractivity contribution >= 4 is 32.5 Å². The highest BCUT2D eigenvalue weighted by Crippen LogP contribution is 2.37. The van der Waals surface area contributed by atoms with E-state index in [4.69, 9.17) is 14.7 Å². The molecule has 2 aromatic rings.